The summed E-state index contributed by atoms with van der Waals surface area (Å²) >= 11 is 0. The van der Waals surface area contributed by atoms with Crippen LogP contribution in [0.3, 0.4) is 0 Å². The lowest BCUT2D eigenvalue weighted by Gasteiger charge is -2.08. The molecule has 0 aromatic heterocycles. The lowest BCUT2D eigenvalue weighted by Crippen LogP contribution is -3.00. The molecule has 0 aliphatic rings. The number of ether oxygens (including phenoxy) is 3. The van der Waals surface area contributed by atoms with Crippen LogP contribution in [0.5, 0.6) is 11.5 Å². The summed E-state index contributed by atoms with van der Waals surface area (Å²) in [7, 11) is 3.22. The zero-order valence-corrected chi connectivity index (χ0v) is 11.1. The van der Waals surface area contributed by atoms with Crippen LogP contribution < -0.4 is 27.3 Å². The Bertz CT molecular complexity index is 369. The number of benzene rings is 1. The zero-order chi connectivity index (χ0) is 12.0. The minimum atomic E-state index is 0. The molecule has 1 rings (SSSR count). The molecule has 17 heavy (non-hydrogen) atoms. The summed E-state index contributed by atoms with van der Waals surface area (Å²) in [5.74, 6) is 1.92. The van der Waals surface area contributed by atoms with Crippen LogP contribution in [0.25, 0.3) is 0 Å². The number of hydrogen-bond donors (Lipinski definition) is 1. The van der Waals surface area contributed by atoms with Crippen LogP contribution in [0.1, 0.15) is 12.5 Å². The van der Waals surface area contributed by atoms with E-state index in [0.29, 0.717) is 30.4 Å². The fourth-order valence-electron chi connectivity index (χ4n) is 1.43. The molecule has 0 fully saturated rings. The van der Waals surface area contributed by atoms with Gasteiger partial charge in [-0.05, 0) is 24.6 Å². The van der Waals surface area contributed by atoms with Crippen LogP contribution in [-0.4, -0.2) is 26.7 Å². The standard InChI is InChI=1S/C12H17NO3.ClH/c1-4-16-12(13)8-9-5-6-10(14-2)11(7-9)15-3;/h5-7,13H,4,8H2,1-3H3;1H. The maximum Gasteiger partial charge on any atom is 0.337 e. The summed E-state index contributed by atoms with van der Waals surface area (Å²) in [6.45, 7) is 2.49. The summed E-state index contributed by atoms with van der Waals surface area (Å²) in [6, 6.07) is 5.69. The molecule has 5 heteroatoms. The fourth-order valence-corrected chi connectivity index (χ4v) is 1.43. The lowest BCUT2D eigenvalue weighted by atomic mass is 10.1. The normalized spacial score (nSPS) is 9.12. The molecule has 1 aromatic rings. The quantitative estimate of drug-likeness (QED) is 0.468. The molecule has 0 spiro atoms. The second kappa shape index (κ2) is 7.79. The first-order valence-electron chi connectivity index (χ1n) is 5.16. The predicted molar refractivity (Wildman–Crippen MR) is 61.8 cm³/mol. The number of halogens is 1. The van der Waals surface area contributed by atoms with Crippen molar-refractivity contribution >= 4 is 5.90 Å². The van der Waals surface area contributed by atoms with Crippen molar-refractivity contribution in [3.63, 3.8) is 0 Å². The number of hydrogen-bond acceptors (Lipinski definition) is 3. The van der Waals surface area contributed by atoms with E-state index in [0.717, 1.165) is 5.56 Å². The summed E-state index contributed by atoms with van der Waals surface area (Å²) in [4.78, 5) is 0. The van der Waals surface area contributed by atoms with E-state index in [4.69, 9.17) is 19.6 Å². The second-order valence-electron chi connectivity index (χ2n) is 3.27. The molecule has 4 nitrogen and oxygen atoms in total. The first kappa shape index (κ1) is 15.6. The summed E-state index contributed by atoms with van der Waals surface area (Å²) in [5.41, 5.74) is 1.03. The van der Waals surface area contributed by atoms with Gasteiger partial charge in [0.15, 0.2) is 11.5 Å². The maximum atomic E-state index is 5.70. The van der Waals surface area contributed by atoms with Gasteiger partial charge in [0.05, 0.1) is 27.2 Å². The molecule has 0 aliphatic carbocycles. The van der Waals surface area contributed by atoms with E-state index in [1.54, 1.807) is 14.2 Å². The molecule has 0 aliphatic heterocycles. The highest BCUT2D eigenvalue weighted by molar-refractivity contribution is 5.72. The predicted octanol–water partition coefficient (Wildman–Crippen LogP) is -2.56. The Kier molecular flexibility index (Phi) is 7.14. The van der Waals surface area contributed by atoms with Gasteiger partial charge in [-0.25, -0.2) is 5.41 Å². The molecule has 96 valence electrons. The Balaban J connectivity index is 0.00000256. The Hall–Kier alpha value is -1.42. The topological polar surface area (TPSA) is 53.3 Å². The van der Waals surface area contributed by atoms with Gasteiger partial charge in [0.2, 0.25) is 0 Å². The summed E-state index contributed by atoms with van der Waals surface area (Å²) in [6.07, 6.45) is 0.578. The van der Waals surface area contributed by atoms with Crippen molar-refractivity contribution in [3.05, 3.63) is 23.8 Å². The lowest BCUT2D eigenvalue weighted by molar-refractivity contribution is -0.142. The number of nitrogens with two attached hydrogens (primary N) is 1. The van der Waals surface area contributed by atoms with Gasteiger partial charge in [-0.15, -0.1) is 0 Å². The smallest absolute Gasteiger partial charge is 0.337 e. The van der Waals surface area contributed by atoms with Crippen LogP contribution in [0.2, 0.25) is 0 Å². The van der Waals surface area contributed by atoms with E-state index in [2.05, 4.69) is 0 Å². The minimum absolute atomic E-state index is 0. The zero-order valence-electron chi connectivity index (χ0n) is 10.3. The van der Waals surface area contributed by atoms with Crippen molar-refractivity contribution in [2.45, 2.75) is 13.3 Å². The van der Waals surface area contributed by atoms with Gasteiger partial charge in [-0.1, -0.05) is 6.07 Å². The summed E-state index contributed by atoms with van der Waals surface area (Å²) < 4.78 is 15.6. The Morgan fingerprint density at radius 2 is 1.82 bits per heavy atom. The molecule has 2 N–H and O–H groups in total. The second-order valence-corrected chi connectivity index (χ2v) is 3.27. The first-order chi connectivity index (χ1) is 7.71. The van der Waals surface area contributed by atoms with Crippen molar-refractivity contribution < 1.29 is 32.0 Å². The highest BCUT2D eigenvalue weighted by atomic mass is 35.5. The molecule has 0 radical (unpaired) electrons. The SMILES string of the molecule is CCOC(=[NH2+])Cc1ccc(OC)c(OC)c1.[Cl-]. The molecule has 0 atom stereocenters. The van der Waals surface area contributed by atoms with E-state index in [1.807, 2.05) is 25.1 Å². The molecule has 0 saturated heterocycles. The average molecular weight is 260 g/mol. The molecule has 0 saturated carbocycles. The molecular formula is C12H18ClNO3. The average Bonchev–Trinajstić information content (AvgIpc) is 2.29. The summed E-state index contributed by atoms with van der Waals surface area (Å²) in [5, 5.41) is 5.70. The van der Waals surface area contributed by atoms with Crippen LogP contribution in [0.15, 0.2) is 18.2 Å². The fraction of sp³-hybridized carbons (Fsp3) is 0.417. The highest BCUT2D eigenvalue weighted by Gasteiger charge is 2.09. The van der Waals surface area contributed by atoms with E-state index < -0.39 is 0 Å². The molecule has 0 bridgehead atoms. The van der Waals surface area contributed by atoms with Gasteiger partial charge in [-0.2, -0.15) is 0 Å². The molecule has 0 amide bonds. The van der Waals surface area contributed by atoms with E-state index >= 15 is 0 Å². The van der Waals surface area contributed by atoms with Crippen LogP contribution in [0, 0.1) is 0 Å². The van der Waals surface area contributed by atoms with Crippen molar-refractivity contribution in [1.82, 2.24) is 0 Å². The van der Waals surface area contributed by atoms with Crippen molar-refractivity contribution in [1.29, 1.82) is 0 Å². The van der Waals surface area contributed by atoms with E-state index in [-0.39, 0.29) is 12.4 Å². The molecular weight excluding hydrogens is 242 g/mol. The first-order valence-corrected chi connectivity index (χ1v) is 5.16. The van der Waals surface area contributed by atoms with Crippen LogP contribution >= 0.6 is 0 Å². The monoisotopic (exact) mass is 259 g/mol. The Morgan fingerprint density at radius 3 is 2.35 bits per heavy atom. The van der Waals surface area contributed by atoms with Crippen molar-refractivity contribution in [2.24, 2.45) is 0 Å². The third-order valence-corrected chi connectivity index (χ3v) is 2.16. The van der Waals surface area contributed by atoms with Gasteiger partial charge in [0.25, 0.3) is 0 Å². The van der Waals surface area contributed by atoms with E-state index in [1.165, 1.54) is 0 Å². The van der Waals surface area contributed by atoms with Gasteiger partial charge < -0.3 is 26.6 Å². The maximum absolute atomic E-state index is 5.70. The van der Waals surface area contributed by atoms with Crippen molar-refractivity contribution in [2.75, 3.05) is 20.8 Å². The van der Waals surface area contributed by atoms with Crippen LogP contribution in [-0.2, 0) is 11.2 Å². The third kappa shape index (κ3) is 4.53. The molecule has 1 aromatic carbocycles. The molecule has 0 heterocycles. The Labute approximate surface area is 108 Å². The molecule has 0 unspecified atom stereocenters. The largest absolute Gasteiger partial charge is 1.00 e. The highest BCUT2D eigenvalue weighted by Crippen LogP contribution is 2.27. The minimum Gasteiger partial charge on any atom is -1.00 e. The van der Waals surface area contributed by atoms with Crippen molar-refractivity contribution in [3.8, 4) is 11.5 Å². The Morgan fingerprint density at radius 1 is 1.18 bits per heavy atom. The van der Waals surface area contributed by atoms with Gasteiger partial charge >= 0.3 is 5.90 Å². The van der Waals surface area contributed by atoms with Gasteiger partial charge in [0, 0.05) is 0 Å². The number of rotatable bonds is 5. The number of methoxy groups -OCH3 is 2. The third-order valence-electron chi connectivity index (χ3n) is 2.16. The van der Waals surface area contributed by atoms with Gasteiger partial charge in [0.1, 0.15) is 0 Å². The van der Waals surface area contributed by atoms with E-state index in [9.17, 15) is 0 Å². The van der Waals surface area contributed by atoms with Gasteiger partial charge in [-0.3, -0.25) is 0 Å². The van der Waals surface area contributed by atoms with Crippen LogP contribution in [0.4, 0.5) is 0 Å².